The zero-order valence-electron chi connectivity index (χ0n) is 9.91. The fraction of sp³-hybridized carbons (Fsp3) is 0.600. The van der Waals surface area contributed by atoms with Crippen LogP contribution in [-0.4, -0.2) is 29.3 Å². The van der Waals surface area contributed by atoms with Gasteiger partial charge in [0.05, 0.1) is 6.10 Å². The number of alkyl halides is 3. The Morgan fingerprint density at radius 3 is 2.84 bits per heavy atom. The van der Waals surface area contributed by atoms with Crippen LogP contribution in [0.15, 0.2) is 6.07 Å². The Balaban J connectivity index is 2.10. The molecule has 0 bridgehead atoms. The number of halogens is 3. The molecule has 1 aromatic heterocycles. The summed E-state index contributed by atoms with van der Waals surface area (Å²) >= 11 is 0. The molecule has 19 heavy (non-hydrogen) atoms. The monoisotopic (exact) mass is 278 g/mol. The van der Waals surface area contributed by atoms with Crippen molar-refractivity contribution in [2.45, 2.75) is 25.1 Å². The second-order valence-electron chi connectivity index (χ2n) is 4.00. The van der Waals surface area contributed by atoms with Gasteiger partial charge in [-0.1, -0.05) is 0 Å². The summed E-state index contributed by atoms with van der Waals surface area (Å²) in [6, 6.07) is 0.732. The van der Waals surface area contributed by atoms with Crippen LogP contribution >= 0.6 is 0 Å². The van der Waals surface area contributed by atoms with E-state index < -0.39 is 11.9 Å². The van der Waals surface area contributed by atoms with E-state index in [4.69, 9.17) is 15.3 Å². The van der Waals surface area contributed by atoms with Gasteiger partial charge in [-0.05, 0) is 12.8 Å². The quantitative estimate of drug-likeness (QED) is 0.639. The SMILES string of the molecule is NNc1nc(OCC2CCCO2)cc(C(F)(F)F)n1. The van der Waals surface area contributed by atoms with E-state index in [0.29, 0.717) is 6.61 Å². The summed E-state index contributed by atoms with van der Waals surface area (Å²) in [4.78, 5) is 6.92. The normalized spacial score (nSPS) is 19.5. The van der Waals surface area contributed by atoms with Crippen LogP contribution in [0, 0.1) is 0 Å². The molecule has 6 nitrogen and oxygen atoms in total. The van der Waals surface area contributed by atoms with Crippen LogP contribution in [0.3, 0.4) is 0 Å². The molecular weight excluding hydrogens is 265 g/mol. The molecule has 1 aliphatic heterocycles. The molecule has 0 aromatic carbocycles. The van der Waals surface area contributed by atoms with Crippen LogP contribution in [0.25, 0.3) is 0 Å². The summed E-state index contributed by atoms with van der Waals surface area (Å²) in [6.45, 7) is 0.791. The van der Waals surface area contributed by atoms with Crippen molar-refractivity contribution in [2.24, 2.45) is 5.84 Å². The van der Waals surface area contributed by atoms with E-state index in [2.05, 4.69) is 9.97 Å². The number of hydrazine groups is 1. The van der Waals surface area contributed by atoms with Gasteiger partial charge in [0.1, 0.15) is 6.61 Å². The van der Waals surface area contributed by atoms with Gasteiger partial charge in [-0.2, -0.15) is 18.2 Å². The molecule has 1 fully saturated rings. The van der Waals surface area contributed by atoms with Gasteiger partial charge >= 0.3 is 6.18 Å². The fourth-order valence-corrected chi connectivity index (χ4v) is 1.66. The number of ether oxygens (including phenoxy) is 2. The van der Waals surface area contributed by atoms with Crippen molar-refractivity contribution in [1.29, 1.82) is 0 Å². The van der Waals surface area contributed by atoms with Gasteiger partial charge in [0, 0.05) is 12.7 Å². The molecule has 2 heterocycles. The Kier molecular flexibility index (Phi) is 4.05. The van der Waals surface area contributed by atoms with Crippen LogP contribution < -0.4 is 16.0 Å². The first-order valence-corrected chi connectivity index (χ1v) is 5.66. The number of nitrogens with one attached hydrogen (secondary N) is 1. The van der Waals surface area contributed by atoms with E-state index >= 15 is 0 Å². The Morgan fingerprint density at radius 2 is 2.26 bits per heavy atom. The van der Waals surface area contributed by atoms with Crippen molar-refractivity contribution < 1.29 is 22.6 Å². The maximum atomic E-state index is 12.6. The van der Waals surface area contributed by atoms with Crippen LogP contribution in [0.1, 0.15) is 18.5 Å². The second kappa shape index (κ2) is 5.57. The third-order valence-corrected chi connectivity index (χ3v) is 2.56. The third-order valence-electron chi connectivity index (χ3n) is 2.56. The highest BCUT2D eigenvalue weighted by molar-refractivity contribution is 5.30. The predicted octanol–water partition coefficient (Wildman–Crippen LogP) is 1.34. The van der Waals surface area contributed by atoms with Gasteiger partial charge in [-0.15, -0.1) is 0 Å². The average Bonchev–Trinajstić information content (AvgIpc) is 2.88. The van der Waals surface area contributed by atoms with Gasteiger partial charge in [0.25, 0.3) is 0 Å². The molecule has 1 aliphatic rings. The summed E-state index contributed by atoms with van der Waals surface area (Å²) < 4.78 is 48.3. The lowest BCUT2D eigenvalue weighted by atomic mass is 10.2. The zero-order chi connectivity index (χ0) is 13.9. The van der Waals surface area contributed by atoms with E-state index in [1.807, 2.05) is 5.43 Å². The highest BCUT2D eigenvalue weighted by atomic mass is 19.4. The molecule has 0 aliphatic carbocycles. The van der Waals surface area contributed by atoms with Crippen LogP contribution in [0.2, 0.25) is 0 Å². The van der Waals surface area contributed by atoms with Crippen molar-refractivity contribution >= 4 is 5.95 Å². The summed E-state index contributed by atoms with van der Waals surface area (Å²) in [6.07, 6.45) is -2.96. The fourth-order valence-electron chi connectivity index (χ4n) is 1.66. The molecule has 1 saturated heterocycles. The van der Waals surface area contributed by atoms with Crippen LogP contribution in [0.5, 0.6) is 5.88 Å². The molecule has 1 aromatic rings. The van der Waals surface area contributed by atoms with Crippen molar-refractivity contribution in [3.05, 3.63) is 11.8 Å². The highest BCUT2D eigenvalue weighted by Crippen LogP contribution is 2.30. The Morgan fingerprint density at radius 1 is 1.47 bits per heavy atom. The minimum absolute atomic E-state index is 0.112. The number of hydrogen-bond donors (Lipinski definition) is 2. The highest BCUT2D eigenvalue weighted by Gasteiger charge is 2.34. The van der Waals surface area contributed by atoms with E-state index in [0.717, 1.165) is 18.9 Å². The number of rotatable bonds is 4. The van der Waals surface area contributed by atoms with Crippen molar-refractivity contribution in [1.82, 2.24) is 9.97 Å². The zero-order valence-corrected chi connectivity index (χ0v) is 9.91. The van der Waals surface area contributed by atoms with Gasteiger partial charge in [0.15, 0.2) is 5.69 Å². The van der Waals surface area contributed by atoms with Gasteiger partial charge in [-0.25, -0.2) is 10.8 Å². The van der Waals surface area contributed by atoms with Crippen molar-refractivity contribution in [3.8, 4) is 5.88 Å². The van der Waals surface area contributed by atoms with Gasteiger partial charge in [-0.3, -0.25) is 5.43 Å². The third kappa shape index (κ3) is 3.67. The molecular formula is C10H13F3N4O2. The lowest BCUT2D eigenvalue weighted by Gasteiger charge is -2.13. The lowest BCUT2D eigenvalue weighted by molar-refractivity contribution is -0.141. The lowest BCUT2D eigenvalue weighted by Crippen LogP contribution is -2.19. The Labute approximate surface area is 107 Å². The Hall–Kier alpha value is -1.61. The molecule has 1 atom stereocenters. The summed E-state index contributed by atoms with van der Waals surface area (Å²) in [5.74, 6) is 4.49. The topological polar surface area (TPSA) is 82.3 Å². The minimum Gasteiger partial charge on any atom is -0.475 e. The summed E-state index contributed by atoms with van der Waals surface area (Å²) in [7, 11) is 0. The first-order valence-electron chi connectivity index (χ1n) is 5.66. The van der Waals surface area contributed by atoms with Crippen LogP contribution in [-0.2, 0) is 10.9 Å². The maximum Gasteiger partial charge on any atom is 0.433 e. The summed E-state index contributed by atoms with van der Waals surface area (Å²) in [5.41, 5.74) is 0.861. The largest absolute Gasteiger partial charge is 0.475 e. The maximum absolute atomic E-state index is 12.6. The molecule has 106 valence electrons. The first-order chi connectivity index (χ1) is 8.99. The van der Waals surface area contributed by atoms with Gasteiger partial charge in [0.2, 0.25) is 11.8 Å². The van der Waals surface area contributed by atoms with E-state index in [1.165, 1.54) is 0 Å². The standard InChI is InChI=1S/C10H13F3N4O2/c11-10(12,13)7-4-8(16-9(15-7)17-14)19-5-6-2-1-3-18-6/h4,6H,1-3,5,14H2,(H,15,16,17). The smallest absolute Gasteiger partial charge is 0.433 e. The molecule has 2 rings (SSSR count). The summed E-state index contributed by atoms with van der Waals surface area (Å²) in [5, 5.41) is 0. The average molecular weight is 278 g/mol. The van der Waals surface area contributed by atoms with Crippen LogP contribution in [0.4, 0.5) is 19.1 Å². The number of nitrogens with two attached hydrogens (primary N) is 1. The first kappa shape index (κ1) is 13.8. The molecule has 0 amide bonds. The number of nitrogen functional groups attached to an aromatic ring is 1. The molecule has 0 spiro atoms. The van der Waals surface area contributed by atoms with E-state index in [1.54, 1.807) is 0 Å². The number of anilines is 1. The molecule has 3 N–H and O–H groups in total. The molecule has 1 unspecified atom stereocenters. The second-order valence-corrected chi connectivity index (χ2v) is 4.00. The number of aromatic nitrogens is 2. The number of hydrogen-bond acceptors (Lipinski definition) is 6. The minimum atomic E-state index is -4.59. The molecule has 0 saturated carbocycles. The molecule has 9 heteroatoms. The van der Waals surface area contributed by atoms with Gasteiger partial charge < -0.3 is 9.47 Å². The number of nitrogens with zero attached hydrogens (tertiary/aromatic N) is 2. The predicted molar refractivity (Wildman–Crippen MR) is 59.3 cm³/mol. The van der Waals surface area contributed by atoms with E-state index in [-0.39, 0.29) is 24.5 Å². The van der Waals surface area contributed by atoms with E-state index in [9.17, 15) is 13.2 Å². The Bertz CT molecular complexity index is 435. The molecule has 0 radical (unpaired) electrons. The van der Waals surface area contributed by atoms with Crippen molar-refractivity contribution in [3.63, 3.8) is 0 Å². The van der Waals surface area contributed by atoms with Crippen molar-refractivity contribution in [2.75, 3.05) is 18.6 Å².